The Labute approximate surface area is 358 Å². The molecule has 12 nitrogen and oxygen atoms in total. The second-order valence-corrected chi connectivity index (χ2v) is 17.3. The van der Waals surface area contributed by atoms with Crippen LogP contribution in [0.1, 0.15) is 109 Å². The van der Waals surface area contributed by atoms with Crippen LogP contribution in [-0.2, 0) is 30.0 Å². The molecule has 0 aromatic heterocycles. The second kappa shape index (κ2) is 20.4. The number of amides is 4. The SMILES string of the molecule is CCC(C)(C)c1ccc(OCCCC(=O)Nc2ccc(Cl)c(NC(=O)C(Oc3ccc(C(=O)Nc4ccc(NNC=O)cc4)cc3)C(=O)C(C)(C)C)c2)c(C(C)(C)CC)c1. The van der Waals surface area contributed by atoms with Gasteiger partial charge in [-0.2, -0.15) is 0 Å². The van der Waals surface area contributed by atoms with Gasteiger partial charge in [0.25, 0.3) is 11.8 Å². The number of hydrazine groups is 1. The summed E-state index contributed by atoms with van der Waals surface area (Å²) >= 11 is 6.48. The van der Waals surface area contributed by atoms with Crippen molar-refractivity contribution in [3.8, 4) is 11.5 Å². The average Bonchev–Trinajstić information content (AvgIpc) is 3.22. The Morgan fingerprint density at radius 2 is 1.37 bits per heavy atom. The molecule has 4 rings (SSSR count). The van der Waals surface area contributed by atoms with Gasteiger partial charge in [0, 0.05) is 34.3 Å². The lowest BCUT2D eigenvalue weighted by Crippen LogP contribution is -2.45. The zero-order valence-electron chi connectivity index (χ0n) is 36.0. The van der Waals surface area contributed by atoms with Crippen LogP contribution in [0, 0.1) is 5.41 Å². The van der Waals surface area contributed by atoms with Gasteiger partial charge in [-0.1, -0.05) is 86.0 Å². The summed E-state index contributed by atoms with van der Waals surface area (Å²) < 4.78 is 12.2. The molecule has 0 aliphatic carbocycles. The smallest absolute Gasteiger partial charge is 0.273 e. The van der Waals surface area contributed by atoms with Gasteiger partial charge in [0.15, 0.2) is 5.78 Å². The van der Waals surface area contributed by atoms with E-state index in [4.69, 9.17) is 21.1 Å². The van der Waals surface area contributed by atoms with E-state index in [2.05, 4.69) is 80.5 Å². The maximum atomic E-state index is 13.7. The molecule has 4 aromatic rings. The predicted octanol–water partition coefficient (Wildman–Crippen LogP) is 9.84. The summed E-state index contributed by atoms with van der Waals surface area (Å²) in [6.07, 6.45) is 1.57. The summed E-state index contributed by atoms with van der Waals surface area (Å²) in [4.78, 5) is 63.7. The highest BCUT2D eigenvalue weighted by Gasteiger charge is 2.37. The molecule has 0 bridgehead atoms. The van der Waals surface area contributed by atoms with Crippen molar-refractivity contribution in [1.82, 2.24) is 5.43 Å². The Kier molecular flexibility index (Phi) is 15.9. The number of Topliss-reactive ketones (excluding diaryl/α,β-unsaturated/α-hetero) is 1. The second-order valence-electron chi connectivity index (χ2n) is 16.9. The predicted molar refractivity (Wildman–Crippen MR) is 239 cm³/mol. The Bertz CT molecular complexity index is 2140. The average molecular weight is 840 g/mol. The molecule has 0 aliphatic heterocycles. The Morgan fingerprint density at radius 3 is 1.98 bits per heavy atom. The molecule has 5 N–H and O–H groups in total. The minimum atomic E-state index is -1.57. The molecule has 1 atom stereocenters. The Balaban J connectivity index is 1.38. The summed E-state index contributed by atoms with van der Waals surface area (Å²) in [6.45, 7) is 18.7. The molecule has 0 radical (unpaired) electrons. The molecule has 1 unspecified atom stereocenters. The minimum absolute atomic E-state index is 0.0435. The fraction of sp³-hybridized carbons (Fsp3) is 0.383. The van der Waals surface area contributed by atoms with Crippen molar-refractivity contribution in [3.05, 3.63) is 107 Å². The fourth-order valence-electron chi connectivity index (χ4n) is 5.93. The van der Waals surface area contributed by atoms with Gasteiger partial charge in [0.05, 0.1) is 23.0 Å². The van der Waals surface area contributed by atoms with E-state index in [1.807, 2.05) is 6.07 Å². The molecule has 13 heteroatoms. The van der Waals surface area contributed by atoms with Gasteiger partial charge >= 0.3 is 0 Å². The van der Waals surface area contributed by atoms with Crippen LogP contribution in [0.3, 0.4) is 0 Å². The molecule has 0 fully saturated rings. The molecule has 60 heavy (non-hydrogen) atoms. The van der Waals surface area contributed by atoms with Crippen molar-refractivity contribution in [2.45, 2.75) is 105 Å². The van der Waals surface area contributed by atoms with E-state index >= 15 is 0 Å². The number of anilines is 4. The lowest BCUT2D eigenvalue weighted by molar-refractivity contribution is -0.140. The number of nitrogens with one attached hydrogen (secondary N) is 5. The number of halogens is 1. The van der Waals surface area contributed by atoms with E-state index in [9.17, 15) is 24.0 Å². The zero-order chi connectivity index (χ0) is 44.3. The minimum Gasteiger partial charge on any atom is -0.493 e. The Hall–Kier alpha value is -5.88. The van der Waals surface area contributed by atoms with Crippen LogP contribution in [-0.4, -0.2) is 42.6 Å². The number of ketones is 1. The van der Waals surface area contributed by atoms with Crippen LogP contribution in [0.25, 0.3) is 0 Å². The fourth-order valence-corrected chi connectivity index (χ4v) is 6.09. The quantitative estimate of drug-likeness (QED) is 0.0254. The first kappa shape index (κ1) is 46.8. The lowest BCUT2D eigenvalue weighted by atomic mass is 9.76. The first-order valence-electron chi connectivity index (χ1n) is 20.1. The van der Waals surface area contributed by atoms with Crippen molar-refractivity contribution < 1.29 is 33.4 Å². The maximum absolute atomic E-state index is 13.7. The van der Waals surface area contributed by atoms with Gasteiger partial charge in [-0.15, -0.1) is 0 Å². The van der Waals surface area contributed by atoms with E-state index in [1.165, 1.54) is 42.0 Å². The molecule has 0 heterocycles. The number of ether oxygens (including phenoxy) is 2. The van der Waals surface area contributed by atoms with Crippen LogP contribution in [0.5, 0.6) is 11.5 Å². The van der Waals surface area contributed by atoms with Gasteiger partial charge < -0.3 is 25.4 Å². The third-order valence-electron chi connectivity index (χ3n) is 10.6. The molecular weight excluding hydrogens is 782 g/mol. The monoisotopic (exact) mass is 839 g/mol. The van der Waals surface area contributed by atoms with Gasteiger partial charge in [-0.05, 0) is 108 Å². The van der Waals surface area contributed by atoms with Crippen molar-refractivity contribution in [2.75, 3.05) is 28.0 Å². The molecule has 4 amide bonds. The van der Waals surface area contributed by atoms with Gasteiger partial charge in [-0.3, -0.25) is 34.8 Å². The molecule has 0 spiro atoms. The number of benzene rings is 4. The Morgan fingerprint density at radius 1 is 0.733 bits per heavy atom. The first-order chi connectivity index (χ1) is 28.3. The van der Waals surface area contributed by atoms with Crippen molar-refractivity contribution in [1.29, 1.82) is 0 Å². The first-order valence-corrected chi connectivity index (χ1v) is 20.5. The normalized spacial score (nSPS) is 12.1. The highest BCUT2D eigenvalue weighted by atomic mass is 35.5. The standard InChI is InChI=1S/C47H58ClN5O7/c1-10-46(6,7)31-16-25-39(36(27-31)47(8,9)11-2)59-26-12-13-40(55)50-34-21-24-37(48)38(28-34)52-44(58)41(42(56)45(3,4)5)60-35-22-14-30(15-23-35)43(57)51-32-17-19-33(20-18-32)53-49-29-54/h14-25,27-29,41,53H,10-13,26H2,1-9H3,(H,49,54)(H,50,55)(H,51,57)(H,52,58). The highest BCUT2D eigenvalue weighted by molar-refractivity contribution is 6.34. The summed E-state index contributed by atoms with van der Waals surface area (Å²) in [5.41, 5.74) is 8.47. The molecule has 0 saturated heterocycles. The molecule has 4 aromatic carbocycles. The van der Waals surface area contributed by atoms with E-state index in [0.29, 0.717) is 42.1 Å². The maximum Gasteiger partial charge on any atom is 0.273 e. The van der Waals surface area contributed by atoms with Gasteiger partial charge in [0.2, 0.25) is 18.4 Å². The summed E-state index contributed by atoms with van der Waals surface area (Å²) in [5.74, 6) is -0.889. The number of hydrogen-bond donors (Lipinski definition) is 5. The van der Waals surface area contributed by atoms with E-state index in [0.717, 1.165) is 24.2 Å². The lowest BCUT2D eigenvalue weighted by Gasteiger charge is -2.30. The topological polar surface area (TPSA) is 164 Å². The van der Waals surface area contributed by atoms with E-state index < -0.39 is 29.1 Å². The number of hydrogen-bond acceptors (Lipinski definition) is 8. The van der Waals surface area contributed by atoms with Crippen molar-refractivity contribution in [2.24, 2.45) is 5.41 Å². The van der Waals surface area contributed by atoms with Crippen molar-refractivity contribution in [3.63, 3.8) is 0 Å². The summed E-state index contributed by atoms with van der Waals surface area (Å²) in [7, 11) is 0. The summed E-state index contributed by atoms with van der Waals surface area (Å²) in [5, 5.41) is 8.53. The van der Waals surface area contributed by atoms with Gasteiger partial charge in [-0.25, -0.2) is 0 Å². The molecular formula is C47H58ClN5O7. The van der Waals surface area contributed by atoms with Crippen LogP contribution >= 0.6 is 11.6 Å². The molecule has 0 saturated carbocycles. The third-order valence-corrected chi connectivity index (χ3v) is 10.9. The number of carbonyl (C=O) groups is 5. The van der Waals surface area contributed by atoms with Crippen LogP contribution in [0.2, 0.25) is 5.02 Å². The third kappa shape index (κ3) is 12.8. The number of rotatable bonds is 20. The highest BCUT2D eigenvalue weighted by Crippen LogP contribution is 2.38. The van der Waals surface area contributed by atoms with Gasteiger partial charge in [0.1, 0.15) is 11.5 Å². The largest absolute Gasteiger partial charge is 0.493 e. The van der Waals surface area contributed by atoms with E-state index in [-0.39, 0.29) is 39.6 Å². The summed E-state index contributed by atoms with van der Waals surface area (Å²) in [6, 6.07) is 23.8. The molecule has 0 aliphatic rings. The van der Waals surface area contributed by atoms with Crippen molar-refractivity contribution >= 4 is 64.3 Å². The molecule has 320 valence electrons. The zero-order valence-corrected chi connectivity index (χ0v) is 36.8. The van der Waals surface area contributed by atoms with E-state index in [1.54, 1.807) is 51.1 Å². The van der Waals surface area contributed by atoms with Crippen LogP contribution in [0.4, 0.5) is 22.7 Å². The van der Waals surface area contributed by atoms with Crippen LogP contribution in [0.15, 0.2) is 84.9 Å². The number of carbonyl (C=O) groups excluding carboxylic acids is 5. The van der Waals surface area contributed by atoms with Crippen LogP contribution < -0.4 is 36.3 Å².